The Bertz CT molecular complexity index is 521. The van der Waals surface area contributed by atoms with Crippen LogP contribution >= 0.6 is 11.6 Å². The number of piperidine rings is 1. The molecule has 0 bridgehead atoms. The molecule has 1 saturated heterocycles. The Morgan fingerprint density at radius 2 is 2.09 bits per heavy atom. The van der Waals surface area contributed by atoms with Crippen molar-refractivity contribution in [3.05, 3.63) is 35.4 Å². The fourth-order valence-electron chi connectivity index (χ4n) is 3.65. The monoisotopic (exact) mass is 340 g/mol. The first-order chi connectivity index (χ1) is 10.9. The summed E-state index contributed by atoms with van der Waals surface area (Å²) in [6, 6.07) is 8.64. The van der Waals surface area contributed by atoms with Gasteiger partial charge in [0.2, 0.25) is 0 Å². The van der Waals surface area contributed by atoms with Crippen LogP contribution in [0.4, 0.5) is 4.79 Å². The largest absolute Gasteiger partial charge is 0.465 e. The highest BCUT2D eigenvalue weighted by Gasteiger charge is 2.48. The summed E-state index contributed by atoms with van der Waals surface area (Å²) in [5, 5.41) is 13.1. The number of hydrogen-bond donors (Lipinski definition) is 2. The lowest BCUT2D eigenvalue weighted by atomic mass is 9.71. The summed E-state index contributed by atoms with van der Waals surface area (Å²) >= 11 is 4.64. The molecule has 0 radical (unpaired) electrons. The molecule has 0 saturated carbocycles. The number of alkyl halides is 1. The van der Waals surface area contributed by atoms with Crippen molar-refractivity contribution >= 4 is 17.7 Å². The van der Waals surface area contributed by atoms with Crippen LogP contribution in [0, 0.1) is 12.8 Å². The van der Waals surface area contributed by atoms with Gasteiger partial charge in [-0.1, -0.05) is 43.7 Å². The van der Waals surface area contributed by atoms with Gasteiger partial charge in [0.1, 0.15) is 0 Å². The van der Waals surface area contributed by atoms with Crippen molar-refractivity contribution in [2.75, 3.05) is 20.0 Å². The van der Waals surface area contributed by atoms with Crippen molar-refractivity contribution in [3.63, 3.8) is 0 Å². The molecule has 0 aromatic heterocycles. The molecule has 23 heavy (non-hydrogen) atoms. The summed E-state index contributed by atoms with van der Waals surface area (Å²) in [6.07, 6.45) is 2.33. The van der Waals surface area contributed by atoms with Gasteiger partial charge in [0.15, 0.2) is 0 Å². The average Bonchev–Trinajstić information content (AvgIpc) is 2.55. The molecule has 1 amide bonds. The first-order valence-electron chi connectivity index (χ1n) is 8.04. The van der Waals surface area contributed by atoms with Crippen LogP contribution in [0.15, 0.2) is 24.3 Å². The molecule has 2 unspecified atom stereocenters. The summed E-state index contributed by atoms with van der Waals surface area (Å²) < 4.78 is 0. The second kappa shape index (κ2) is 8.55. The lowest BCUT2D eigenvalue weighted by molar-refractivity contribution is 0.00256. The summed E-state index contributed by atoms with van der Waals surface area (Å²) in [7, 11) is 1.96. The van der Waals surface area contributed by atoms with Gasteiger partial charge in [0.25, 0.3) is 0 Å². The van der Waals surface area contributed by atoms with Crippen molar-refractivity contribution < 1.29 is 9.90 Å². The molecule has 1 heterocycles. The lowest BCUT2D eigenvalue weighted by Crippen LogP contribution is -2.59. The zero-order valence-electron chi connectivity index (χ0n) is 14.8. The number of nitrogens with zero attached hydrogens (tertiary/aromatic N) is 1. The summed E-state index contributed by atoms with van der Waals surface area (Å²) in [5.74, 6) is 0.214. The molecule has 1 aliphatic rings. The van der Waals surface area contributed by atoms with Gasteiger partial charge in [-0.25, -0.2) is 4.79 Å². The first-order valence-corrected chi connectivity index (χ1v) is 8.80. The van der Waals surface area contributed by atoms with E-state index in [9.17, 15) is 9.90 Å². The Morgan fingerprint density at radius 1 is 1.43 bits per heavy atom. The van der Waals surface area contributed by atoms with Crippen LogP contribution in [0.25, 0.3) is 0 Å². The number of carbonyl (C=O) groups is 1. The smallest absolute Gasteiger partial charge is 0.408 e. The number of hydrogen-bond acceptors (Lipinski definition) is 2. The normalized spacial score (nSPS) is 24.1. The van der Waals surface area contributed by atoms with Crippen molar-refractivity contribution in [2.24, 2.45) is 5.92 Å². The highest BCUT2D eigenvalue weighted by molar-refractivity contribution is 6.15. The Balaban J connectivity index is 0.00000127. The zero-order chi connectivity index (χ0) is 17.6. The van der Waals surface area contributed by atoms with Crippen LogP contribution < -0.4 is 5.32 Å². The van der Waals surface area contributed by atoms with E-state index in [0.29, 0.717) is 12.6 Å². The zero-order valence-corrected chi connectivity index (χ0v) is 15.5. The van der Waals surface area contributed by atoms with Gasteiger partial charge < -0.3 is 10.4 Å². The minimum Gasteiger partial charge on any atom is -0.465 e. The van der Waals surface area contributed by atoms with E-state index in [1.165, 1.54) is 11.9 Å². The second-order valence-corrected chi connectivity index (χ2v) is 6.36. The van der Waals surface area contributed by atoms with E-state index < -0.39 is 11.6 Å². The molecule has 2 N–H and O–H groups in total. The fraction of sp³-hybridized carbons (Fsp3) is 0.611. The number of amides is 1. The number of halogens is 1. The highest BCUT2D eigenvalue weighted by atomic mass is 35.5. The standard InChI is InChI=1S/C17H26N2O2.CH3Cl/c1-12(2)17(14-7-5-6-13(3)10-14)11-15(18-4)8-9-19(17)16(20)21;1-2/h5-7,10,12,15,18H,8-9,11H2,1-4H3,(H,20,21);1H3. The lowest BCUT2D eigenvalue weighted by Gasteiger charge is -2.51. The van der Waals surface area contributed by atoms with Crippen molar-refractivity contribution in [2.45, 2.75) is 45.2 Å². The Labute approximate surface area is 144 Å². The molecule has 0 aliphatic carbocycles. The van der Waals surface area contributed by atoms with E-state index >= 15 is 0 Å². The summed E-state index contributed by atoms with van der Waals surface area (Å²) in [5.41, 5.74) is 1.83. The van der Waals surface area contributed by atoms with Crippen molar-refractivity contribution in [1.82, 2.24) is 10.2 Å². The predicted molar refractivity (Wildman–Crippen MR) is 96.3 cm³/mol. The molecule has 5 heteroatoms. The van der Waals surface area contributed by atoms with Gasteiger partial charge in [-0.3, -0.25) is 4.90 Å². The predicted octanol–water partition coefficient (Wildman–Crippen LogP) is 4.06. The van der Waals surface area contributed by atoms with Gasteiger partial charge in [0, 0.05) is 19.0 Å². The van der Waals surface area contributed by atoms with Gasteiger partial charge >= 0.3 is 6.09 Å². The third-order valence-electron chi connectivity index (χ3n) is 4.85. The summed E-state index contributed by atoms with van der Waals surface area (Å²) in [6.45, 7) is 6.88. The Kier molecular flexibility index (Phi) is 7.36. The molecule has 1 aliphatic heterocycles. The third kappa shape index (κ3) is 3.99. The van der Waals surface area contributed by atoms with Crippen LogP contribution in [0.3, 0.4) is 0 Å². The average molecular weight is 341 g/mol. The van der Waals surface area contributed by atoms with E-state index in [1.807, 2.05) is 13.1 Å². The van der Waals surface area contributed by atoms with E-state index in [2.05, 4.69) is 55.9 Å². The molecular formula is C18H29ClN2O2. The van der Waals surface area contributed by atoms with E-state index in [-0.39, 0.29) is 5.92 Å². The van der Waals surface area contributed by atoms with Crippen LogP contribution in [-0.4, -0.2) is 42.1 Å². The van der Waals surface area contributed by atoms with E-state index in [0.717, 1.165) is 18.4 Å². The summed E-state index contributed by atoms with van der Waals surface area (Å²) in [4.78, 5) is 13.5. The van der Waals surface area contributed by atoms with Crippen LogP contribution in [0.5, 0.6) is 0 Å². The number of likely N-dealkylation sites (tertiary alicyclic amines) is 1. The number of benzene rings is 1. The van der Waals surface area contributed by atoms with Crippen LogP contribution in [-0.2, 0) is 5.54 Å². The maximum absolute atomic E-state index is 11.8. The Morgan fingerprint density at radius 3 is 2.57 bits per heavy atom. The molecular weight excluding hydrogens is 312 g/mol. The Hall–Kier alpha value is -1.26. The fourth-order valence-corrected chi connectivity index (χ4v) is 3.65. The molecule has 130 valence electrons. The molecule has 1 aromatic carbocycles. The van der Waals surface area contributed by atoms with Gasteiger partial charge in [0.05, 0.1) is 5.54 Å². The van der Waals surface area contributed by atoms with Crippen molar-refractivity contribution in [1.29, 1.82) is 0 Å². The minimum atomic E-state index is -0.820. The topological polar surface area (TPSA) is 52.6 Å². The van der Waals surface area contributed by atoms with Crippen LogP contribution in [0.1, 0.15) is 37.8 Å². The molecule has 4 nitrogen and oxygen atoms in total. The van der Waals surface area contributed by atoms with E-state index in [4.69, 9.17) is 0 Å². The van der Waals surface area contributed by atoms with Gasteiger partial charge in [-0.05, 0) is 38.3 Å². The van der Waals surface area contributed by atoms with Gasteiger partial charge in [-0.15, -0.1) is 11.6 Å². The molecule has 2 rings (SSSR count). The SMILES string of the molecule is CCl.CNC1CCN(C(=O)O)C(c2cccc(C)c2)(C(C)C)C1. The minimum absolute atomic E-state index is 0.214. The molecule has 1 fully saturated rings. The first kappa shape index (κ1) is 19.8. The molecule has 1 aromatic rings. The van der Waals surface area contributed by atoms with Crippen LogP contribution in [0.2, 0.25) is 0 Å². The maximum Gasteiger partial charge on any atom is 0.408 e. The quantitative estimate of drug-likeness (QED) is 0.816. The highest BCUT2D eigenvalue weighted by Crippen LogP contribution is 2.43. The maximum atomic E-state index is 11.8. The van der Waals surface area contributed by atoms with Gasteiger partial charge in [-0.2, -0.15) is 0 Å². The number of aryl methyl sites for hydroxylation is 1. The number of carboxylic acid groups (broad SMARTS) is 1. The number of nitrogens with one attached hydrogen (secondary N) is 1. The third-order valence-corrected chi connectivity index (χ3v) is 4.85. The molecule has 2 atom stereocenters. The molecule has 0 spiro atoms. The van der Waals surface area contributed by atoms with E-state index in [1.54, 1.807) is 4.90 Å². The second-order valence-electron chi connectivity index (χ2n) is 6.36. The van der Waals surface area contributed by atoms with Crippen molar-refractivity contribution in [3.8, 4) is 0 Å². The number of rotatable bonds is 3.